The van der Waals surface area contributed by atoms with Gasteiger partial charge in [0.25, 0.3) is 0 Å². The SMILES string of the molecule is COc1cc(C(=O)O)c2nc(CC(OC3CCCC3)C(O)c3cc(OC)c(C)c(OC)c3)sc2c1. The third kappa shape index (κ3) is 5.37. The maximum Gasteiger partial charge on any atom is 0.338 e. The topological polar surface area (TPSA) is 107 Å². The van der Waals surface area contributed by atoms with E-state index in [4.69, 9.17) is 18.9 Å². The number of nitrogens with zero attached hydrogens (tertiary/aromatic N) is 1. The van der Waals surface area contributed by atoms with Gasteiger partial charge in [-0.05, 0) is 49.6 Å². The van der Waals surface area contributed by atoms with E-state index in [1.54, 1.807) is 32.4 Å². The number of aliphatic hydroxyl groups excluding tert-OH is 1. The lowest BCUT2D eigenvalue weighted by atomic mass is 9.99. The largest absolute Gasteiger partial charge is 0.497 e. The van der Waals surface area contributed by atoms with Gasteiger partial charge in [-0.1, -0.05) is 12.8 Å². The third-order valence-corrected chi connectivity index (χ3v) is 7.52. The fraction of sp³-hybridized carbons (Fsp3) is 0.462. The Labute approximate surface area is 208 Å². The van der Waals surface area contributed by atoms with E-state index < -0.39 is 18.2 Å². The molecule has 1 heterocycles. The van der Waals surface area contributed by atoms with E-state index in [0.29, 0.717) is 44.5 Å². The van der Waals surface area contributed by atoms with E-state index in [1.165, 1.54) is 24.5 Å². The highest BCUT2D eigenvalue weighted by atomic mass is 32.1. The second kappa shape index (κ2) is 10.8. The Morgan fingerprint density at radius 2 is 1.74 bits per heavy atom. The highest BCUT2D eigenvalue weighted by Gasteiger charge is 2.30. The van der Waals surface area contributed by atoms with Crippen LogP contribution in [0.2, 0.25) is 0 Å². The minimum absolute atomic E-state index is 0.0629. The second-order valence-corrected chi connectivity index (χ2v) is 9.83. The molecule has 0 spiro atoms. The lowest BCUT2D eigenvalue weighted by Crippen LogP contribution is -2.29. The van der Waals surface area contributed by atoms with Crippen molar-refractivity contribution in [3.05, 3.63) is 46.0 Å². The molecular formula is C26H31NO7S. The first-order valence-corrected chi connectivity index (χ1v) is 12.4. The van der Waals surface area contributed by atoms with Gasteiger partial charge in [0.15, 0.2) is 0 Å². The molecule has 1 fully saturated rings. The molecule has 2 aromatic carbocycles. The third-order valence-electron chi connectivity index (χ3n) is 6.49. The summed E-state index contributed by atoms with van der Waals surface area (Å²) in [4.78, 5) is 16.4. The Balaban J connectivity index is 1.70. The number of methoxy groups -OCH3 is 3. The first kappa shape index (κ1) is 25.2. The van der Waals surface area contributed by atoms with Crippen molar-refractivity contribution in [3.63, 3.8) is 0 Å². The van der Waals surface area contributed by atoms with Crippen LogP contribution in [0.15, 0.2) is 24.3 Å². The molecule has 1 saturated carbocycles. The Kier molecular flexibility index (Phi) is 7.78. The second-order valence-electron chi connectivity index (χ2n) is 8.71. The zero-order valence-corrected chi connectivity index (χ0v) is 21.2. The number of hydrogen-bond donors (Lipinski definition) is 2. The molecule has 0 amide bonds. The highest BCUT2D eigenvalue weighted by Crippen LogP contribution is 2.37. The van der Waals surface area contributed by atoms with E-state index in [9.17, 15) is 15.0 Å². The van der Waals surface area contributed by atoms with E-state index in [1.807, 2.05) is 6.92 Å². The van der Waals surface area contributed by atoms with Crippen LogP contribution in [0.4, 0.5) is 0 Å². The highest BCUT2D eigenvalue weighted by molar-refractivity contribution is 7.18. The average molecular weight is 502 g/mol. The van der Waals surface area contributed by atoms with Gasteiger partial charge in [-0.3, -0.25) is 0 Å². The van der Waals surface area contributed by atoms with Crippen molar-refractivity contribution in [3.8, 4) is 17.2 Å². The van der Waals surface area contributed by atoms with Crippen LogP contribution in [-0.2, 0) is 11.2 Å². The summed E-state index contributed by atoms with van der Waals surface area (Å²) >= 11 is 1.38. The normalized spacial score (nSPS) is 15.8. The average Bonchev–Trinajstić information content (AvgIpc) is 3.51. The molecule has 1 aromatic heterocycles. The predicted octanol–water partition coefficient (Wildman–Crippen LogP) is 4.93. The number of aromatic nitrogens is 1. The molecule has 2 unspecified atom stereocenters. The van der Waals surface area contributed by atoms with Gasteiger partial charge in [0, 0.05) is 12.0 Å². The summed E-state index contributed by atoms with van der Waals surface area (Å²) in [7, 11) is 4.67. The van der Waals surface area contributed by atoms with Crippen molar-refractivity contribution < 1.29 is 34.0 Å². The van der Waals surface area contributed by atoms with Gasteiger partial charge in [0.2, 0.25) is 0 Å². The van der Waals surface area contributed by atoms with Gasteiger partial charge >= 0.3 is 5.97 Å². The molecule has 0 radical (unpaired) electrons. The lowest BCUT2D eigenvalue weighted by Gasteiger charge is -2.27. The molecule has 9 heteroatoms. The molecule has 2 N–H and O–H groups in total. The maximum atomic E-state index is 11.8. The first-order valence-electron chi connectivity index (χ1n) is 11.6. The number of fused-ring (bicyclic) bond motifs is 1. The van der Waals surface area contributed by atoms with Crippen molar-refractivity contribution in [2.75, 3.05) is 21.3 Å². The fourth-order valence-electron chi connectivity index (χ4n) is 4.59. The summed E-state index contributed by atoms with van der Waals surface area (Å²) in [5.41, 5.74) is 1.97. The quantitative estimate of drug-likeness (QED) is 0.403. The minimum Gasteiger partial charge on any atom is -0.497 e. The molecule has 8 nitrogen and oxygen atoms in total. The van der Waals surface area contributed by atoms with Crippen LogP contribution >= 0.6 is 11.3 Å². The molecule has 1 aliphatic carbocycles. The zero-order valence-electron chi connectivity index (χ0n) is 20.4. The smallest absolute Gasteiger partial charge is 0.338 e. The molecule has 1 aliphatic rings. The van der Waals surface area contributed by atoms with Crippen LogP contribution in [0.25, 0.3) is 10.2 Å². The Hall–Kier alpha value is -2.88. The van der Waals surface area contributed by atoms with Crippen LogP contribution in [0.1, 0.15) is 58.3 Å². The Bertz CT molecular complexity index is 1180. The minimum atomic E-state index is -1.07. The van der Waals surface area contributed by atoms with Crippen molar-refractivity contribution in [1.29, 1.82) is 0 Å². The van der Waals surface area contributed by atoms with Crippen molar-refractivity contribution >= 4 is 27.5 Å². The summed E-state index contributed by atoms with van der Waals surface area (Å²) in [5.74, 6) is 0.638. The van der Waals surface area contributed by atoms with Crippen LogP contribution in [-0.4, -0.2) is 54.7 Å². The molecule has 35 heavy (non-hydrogen) atoms. The zero-order chi connectivity index (χ0) is 25.1. The summed E-state index contributed by atoms with van der Waals surface area (Å²) in [6.45, 7) is 1.90. The van der Waals surface area contributed by atoms with Crippen molar-refractivity contribution in [1.82, 2.24) is 4.98 Å². The molecule has 0 aliphatic heterocycles. The molecule has 0 saturated heterocycles. The lowest BCUT2D eigenvalue weighted by molar-refractivity contribution is -0.0753. The van der Waals surface area contributed by atoms with E-state index >= 15 is 0 Å². The van der Waals surface area contributed by atoms with Gasteiger partial charge in [-0.15, -0.1) is 11.3 Å². The van der Waals surface area contributed by atoms with Gasteiger partial charge in [-0.2, -0.15) is 0 Å². The number of benzene rings is 2. The number of ether oxygens (including phenoxy) is 4. The number of carbonyl (C=O) groups is 1. The number of thiazole rings is 1. The van der Waals surface area contributed by atoms with Gasteiger partial charge in [0.1, 0.15) is 23.4 Å². The van der Waals surface area contributed by atoms with Gasteiger partial charge in [0.05, 0.1) is 54.3 Å². The number of hydrogen-bond acceptors (Lipinski definition) is 8. The van der Waals surface area contributed by atoms with Crippen molar-refractivity contribution in [2.45, 2.75) is 57.3 Å². The van der Waals surface area contributed by atoms with E-state index in [-0.39, 0.29) is 11.7 Å². The molecule has 4 rings (SSSR count). The molecule has 2 atom stereocenters. The van der Waals surface area contributed by atoms with Crippen LogP contribution in [0.5, 0.6) is 17.2 Å². The molecule has 188 valence electrons. The van der Waals surface area contributed by atoms with Crippen LogP contribution in [0.3, 0.4) is 0 Å². The summed E-state index contributed by atoms with van der Waals surface area (Å²) in [5, 5.41) is 21.8. The fourth-order valence-corrected chi connectivity index (χ4v) is 5.65. The van der Waals surface area contributed by atoms with Gasteiger partial charge < -0.3 is 29.2 Å². The Morgan fingerprint density at radius 3 is 2.31 bits per heavy atom. The van der Waals surface area contributed by atoms with Crippen molar-refractivity contribution in [2.24, 2.45) is 0 Å². The van der Waals surface area contributed by atoms with Gasteiger partial charge in [-0.25, -0.2) is 9.78 Å². The number of aromatic carboxylic acids is 1. The number of carboxylic acids is 1. The monoisotopic (exact) mass is 501 g/mol. The summed E-state index contributed by atoms with van der Waals surface area (Å²) in [6, 6.07) is 6.86. The van der Waals surface area contributed by atoms with E-state index in [0.717, 1.165) is 31.2 Å². The number of aliphatic hydroxyl groups is 1. The standard InChI is InChI=1S/C26H31NO7S/c1-14-19(32-3)9-15(10-20(14)33-4)25(28)21(34-16-7-5-6-8-16)13-23-27-24-18(26(29)30)11-17(31-2)12-22(24)35-23/h9-12,16,21,25,28H,5-8,13H2,1-4H3,(H,29,30). The number of carboxylic acid groups (broad SMARTS) is 1. The molecular weight excluding hydrogens is 470 g/mol. The predicted molar refractivity (Wildman–Crippen MR) is 133 cm³/mol. The Morgan fingerprint density at radius 1 is 1.09 bits per heavy atom. The molecule has 0 bridgehead atoms. The maximum absolute atomic E-state index is 11.8. The first-order chi connectivity index (χ1) is 16.8. The van der Waals surface area contributed by atoms with E-state index in [2.05, 4.69) is 4.98 Å². The van der Waals surface area contributed by atoms with Crippen LogP contribution in [0, 0.1) is 6.92 Å². The van der Waals surface area contributed by atoms with Crippen LogP contribution < -0.4 is 14.2 Å². The number of rotatable bonds is 10. The summed E-state index contributed by atoms with van der Waals surface area (Å²) < 4.78 is 23.4. The summed E-state index contributed by atoms with van der Waals surface area (Å²) in [6.07, 6.45) is 2.95. The molecule has 3 aromatic rings.